The summed E-state index contributed by atoms with van der Waals surface area (Å²) in [4.78, 5) is 19.6. The highest BCUT2D eigenvalue weighted by Crippen LogP contribution is 2.30. The second kappa shape index (κ2) is 6.09. The van der Waals surface area contributed by atoms with Crippen molar-refractivity contribution in [2.24, 2.45) is 5.92 Å². The lowest BCUT2D eigenvalue weighted by molar-refractivity contribution is -0.117. The van der Waals surface area contributed by atoms with Gasteiger partial charge in [-0.15, -0.1) is 0 Å². The van der Waals surface area contributed by atoms with Crippen molar-refractivity contribution >= 4 is 23.1 Å². The Morgan fingerprint density at radius 1 is 1.32 bits per heavy atom. The summed E-state index contributed by atoms with van der Waals surface area (Å²) in [6.45, 7) is 1.84. The molecule has 0 unspecified atom stereocenters. The lowest BCUT2D eigenvalue weighted by atomic mass is 10.2. The Bertz CT molecular complexity index is 700. The second-order valence-electron chi connectivity index (χ2n) is 5.31. The first kappa shape index (κ1) is 14.4. The Hall–Kier alpha value is -2.50. The molecule has 3 rings (SSSR count). The Balaban J connectivity index is 1.76. The Kier molecular flexibility index (Phi) is 4.00. The minimum Gasteiger partial charge on any atom is -0.338 e. The summed E-state index contributed by atoms with van der Waals surface area (Å²) in [5.74, 6) is -0.128. The molecule has 6 heteroatoms. The predicted molar refractivity (Wildman–Crippen MR) is 82.4 cm³/mol. The van der Waals surface area contributed by atoms with Gasteiger partial charge in [0.05, 0.1) is 5.69 Å². The smallest absolute Gasteiger partial charge is 0.227 e. The van der Waals surface area contributed by atoms with E-state index in [-0.39, 0.29) is 17.6 Å². The van der Waals surface area contributed by atoms with E-state index in [0.29, 0.717) is 23.5 Å². The summed E-state index contributed by atoms with van der Waals surface area (Å²) >= 11 is 0. The maximum atomic E-state index is 14.1. The Morgan fingerprint density at radius 2 is 2.09 bits per heavy atom. The van der Waals surface area contributed by atoms with Gasteiger partial charge in [0.2, 0.25) is 5.91 Å². The number of benzene rings is 1. The van der Waals surface area contributed by atoms with E-state index in [1.54, 1.807) is 24.3 Å². The summed E-state index contributed by atoms with van der Waals surface area (Å²) in [7, 11) is 0. The van der Waals surface area contributed by atoms with Crippen LogP contribution in [0.25, 0.3) is 0 Å². The van der Waals surface area contributed by atoms with Gasteiger partial charge in [0.15, 0.2) is 11.6 Å². The summed E-state index contributed by atoms with van der Waals surface area (Å²) < 4.78 is 14.1. The normalized spacial score (nSPS) is 13.7. The maximum Gasteiger partial charge on any atom is 0.227 e. The minimum absolute atomic E-state index is 0.0404. The van der Waals surface area contributed by atoms with E-state index in [1.165, 1.54) is 6.33 Å². The first-order chi connectivity index (χ1) is 10.7. The second-order valence-corrected chi connectivity index (χ2v) is 5.31. The molecule has 0 radical (unpaired) electrons. The largest absolute Gasteiger partial charge is 0.338 e. The van der Waals surface area contributed by atoms with E-state index in [0.717, 1.165) is 12.8 Å². The van der Waals surface area contributed by atoms with Crippen molar-refractivity contribution < 1.29 is 9.18 Å². The third kappa shape index (κ3) is 3.21. The molecule has 114 valence electrons. The molecule has 1 aromatic heterocycles. The van der Waals surface area contributed by atoms with Gasteiger partial charge in [-0.1, -0.05) is 13.0 Å². The molecule has 1 aliphatic rings. The Labute approximate surface area is 128 Å². The van der Waals surface area contributed by atoms with Crippen molar-refractivity contribution in [1.82, 2.24) is 9.97 Å². The van der Waals surface area contributed by atoms with Crippen LogP contribution < -0.4 is 10.6 Å². The van der Waals surface area contributed by atoms with Crippen LogP contribution in [0, 0.1) is 11.7 Å². The van der Waals surface area contributed by atoms with Crippen molar-refractivity contribution in [1.29, 1.82) is 0 Å². The van der Waals surface area contributed by atoms with Crippen LogP contribution in [0.5, 0.6) is 0 Å². The number of halogens is 1. The number of aryl methyl sites for hydroxylation is 1. The molecule has 0 spiro atoms. The topological polar surface area (TPSA) is 66.9 Å². The summed E-state index contributed by atoms with van der Waals surface area (Å²) in [5, 5.41) is 5.79. The van der Waals surface area contributed by atoms with Crippen LogP contribution in [-0.2, 0) is 11.2 Å². The zero-order valence-electron chi connectivity index (χ0n) is 12.3. The molecule has 1 aliphatic carbocycles. The fraction of sp³-hybridized carbons (Fsp3) is 0.312. The van der Waals surface area contributed by atoms with Crippen LogP contribution in [-0.4, -0.2) is 15.9 Å². The fourth-order valence-electron chi connectivity index (χ4n) is 2.14. The third-order valence-electron chi connectivity index (χ3n) is 3.54. The molecule has 1 saturated carbocycles. The van der Waals surface area contributed by atoms with E-state index < -0.39 is 5.82 Å². The first-order valence-corrected chi connectivity index (χ1v) is 7.34. The average molecular weight is 300 g/mol. The van der Waals surface area contributed by atoms with Crippen LogP contribution in [0.3, 0.4) is 0 Å². The molecule has 0 aliphatic heterocycles. The molecule has 0 atom stereocenters. The number of nitrogens with zero attached hydrogens (tertiary/aromatic N) is 2. The molecule has 2 aromatic rings. The highest BCUT2D eigenvalue weighted by atomic mass is 19.1. The van der Waals surface area contributed by atoms with Gasteiger partial charge in [-0.25, -0.2) is 14.4 Å². The van der Waals surface area contributed by atoms with Crippen molar-refractivity contribution in [2.75, 3.05) is 10.6 Å². The molecule has 1 amide bonds. The zero-order valence-corrected chi connectivity index (χ0v) is 12.3. The van der Waals surface area contributed by atoms with Gasteiger partial charge < -0.3 is 10.6 Å². The summed E-state index contributed by atoms with van der Waals surface area (Å²) in [6.07, 6.45) is 3.74. The van der Waals surface area contributed by atoms with Gasteiger partial charge in [0, 0.05) is 17.3 Å². The predicted octanol–water partition coefficient (Wildman–Crippen LogP) is 3.27. The number of anilines is 3. The van der Waals surface area contributed by atoms with Gasteiger partial charge in [-0.3, -0.25) is 4.79 Å². The molecule has 0 bridgehead atoms. The van der Waals surface area contributed by atoms with Gasteiger partial charge in [-0.2, -0.15) is 0 Å². The van der Waals surface area contributed by atoms with Gasteiger partial charge >= 0.3 is 0 Å². The van der Waals surface area contributed by atoms with Crippen molar-refractivity contribution in [3.05, 3.63) is 42.1 Å². The van der Waals surface area contributed by atoms with Crippen LogP contribution in [0.1, 0.15) is 25.5 Å². The lowest BCUT2D eigenvalue weighted by Gasteiger charge is -2.10. The van der Waals surface area contributed by atoms with Gasteiger partial charge in [0.1, 0.15) is 6.33 Å². The molecule has 1 fully saturated rings. The number of aromatic nitrogens is 2. The molecule has 0 saturated heterocycles. The van der Waals surface area contributed by atoms with Crippen LogP contribution in [0.2, 0.25) is 0 Å². The maximum absolute atomic E-state index is 14.1. The third-order valence-corrected chi connectivity index (χ3v) is 3.54. The van der Waals surface area contributed by atoms with E-state index in [1.807, 2.05) is 6.92 Å². The fourth-order valence-corrected chi connectivity index (χ4v) is 2.14. The van der Waals surface area contributed by atoms with Crippen LogP contribution >= 0.6 is 0 Å². The van der Waals surface area contributed by atoms with E-state index in [4.69, 9.17) is 0 Å². The molecule has 1 heterocycles. The number of nitrogens with one attached hydrogen (secondary N) is 2. The number of hydrogen-bond donors (Lipinski definition) is 2. The van der Waals surface area contributed by atoms with Crippen LogP contribution in [0.15, 0.2) is 30.6 Å². The molecule has 2 N–H and O–H groups in total. The number of carbonyl (C=O) groups is 1. The zero-order chi connectivity index (χ0) is 15.5. The molecular weight excluding hydrogens is 283 g/mol. The SMILES string of the molecule is CCc1ncnc(Nc2cccc(NC(=O)C3CC3)c2)c1F. The molecule has 5 nitrogen and oxygen atoms in total. The lowest BCUT2D eigenvalue weighted by Crippen LogP contribution is -2.13. The first-order valence-electron chi connectivity index (χ1n) is 7.34. The van der Waals surface area contributed by atoms with Crippen molar-refractivity contribution in [3.8, 4) is 0 Å². The number of hydrogen-bond acceptors (Lipinski definition) is 4. The Morgan fingerprint density at radius 3 is 2.82 bits per heavy atom. The van der Waals surface area contributed by atoms with E-state index >= 15 is 0 Å². The average Bonchev–Trinajstić information content (AvgIpc) is 3.34. The summed E-state index contributed by atoms with van der Waals surface area (Å²) in [5.41, 5.74) is 1.72. The van der Waals surface area contributed by atoms with Crippen LogP contribution in [0.4, 0.5) is 21.6 Å². The molecule has 22 heavy (non-hydrogen) atoms. The highest BCUT2D eigenvalue weighted by molar-refractivity contribution is 5.94. The standard InChI is InChI=1S/C16H17FN4O/c1-2-13-14(17)15(19-9-18-13)20-11-4-3-5-12(8-11)21-16(22)10-6-7-10/h3-5,8-10H,2,6-7H2,1H3,(H,21,22)(H,18,19,20). The van der Waals surface area contributed by atoms with Gasteiger partial charge in [0.25, 0.3) is 0 Å². The molecular formula is C16H17FN4O. The number of carbonyl (C=O) groups excluding carboxylic acids is 1. The quantitative estimate of drug-likeness (QED) is 0.889. The van der Waals surface area contributed by atoms with Gasteiger partial charge in [-0.05, 0) is 37.5 Å². The number of rotatable bonds is 5. The molecule has 1 aromatic carbocycles. The highest BCUT2D eigenvalue weighted by Gasteiger charge is 2.29. The van der Waals surface area contributed by atoms with E-state index in [9.17, 15) is 9.18 Å². The number of amides is 1. The van der Waals surface area contributed by atoms with Crippen molar-refractivity contribution in [2.45, 2.75) is 26.2 Å². The van der Waals surface area contributed by atoms with Crippen molar-refractivity contribution in [3.63, 3.8) is 0 Å². The monoisotopic (exact) mass is 300 g/mol. The van der Waals surface area contributed by atoms with E-state index in [2.05, 4.69) is 20.6 Å². The minimum atomic E-state index is -0.447. The summed E-state index contributed by atoms with van der Waals surface area (Å²) in [6, 6.07) is 7.15.